The second kappa shape index (κ2) is 10.0. The molecule has 2 aromatic carbocycles. The number of nitrogens with zero attached hydrogens (tertiary/aromatic N) is 2. The summed E-state index contributed by atoms with van der Waals surface area (Å²) in [6.45, 7) is 0.578. The number of carbonyl (C=O) groups is 1. The number of rotatable bonds is 6. The van der Waals surface area contributed by atoms with Gasteiger partial charge in [0.25, 0.3) is 5.56 Å². The van der Waals surface area contributed by atoms with Crippen LogP contribution in [0.25, 0.3) is 6.08 Å². The van der Waals surface area contributed by atoms with Crippen molar-refractivity contribution in [3.8, 4) is 5.75 Å². The van der Waals surface area contributed by atoms with Gasteiger partial charge in [-0.25, -0.2) is 9.79 Å². The Bertz CT molecular complexity index is 1440. The molecule has 1 aliphatic heterocycles. The molecule has 0 fully saturated rings. The molecule has 2 heterocycles. The van der Waals surface area contributed by atoms with Gasteiger partial charge in [0, 0.05) is 10.0 Å². The van der Waals surface area contributed by atoms with Gasteiger partial charge in [-0.15, -0.1) is 0 Å². The number of fused-ring (bicyclic) bond motifs is 1. The predicted molar refractivity (Wildman–Crippen MR) is 128 cm³/mol. The zero-order valence-corrected chi connectivity index (χ0v) is 20.5. The molecule has 0 aliphatic carbocycles. The fraction of sp³-hybridized carbons (Fsp3) is 0.208. The molecule has 4 rings (SSSR count). The minimum atomic E-state index is -3.00. The maximum absolute atomic E-state index is 13.5. The van der Waals surface area contributed by atoms with Crippen LogP contribution in [0.15, 0.2) is 74.1 Å². The van der Waals surface area contributed by atoms with Crippen LogP contribution in [0.1, 0.15) is 31.0 Å². The highest BCUT2D eigenvalue weighted by atomic mass is 79.9. The van der Waals surface area contributed by atoms with Crippen LogP contribution in [0.4, 0.5) is 8.78 Å². The number of hydrogen-bond acceptors (Lipinski definition) is 6. The van der Waals surface area contributed by atoms with Crippen molar-refractivity contribution in [3.05, 3.63) is 95.1 Å². The molecule has 10 heteroatoms. The molecule has 0 N–H and O–H groups in total. The normalized spacial score (nSPS) is 15.8. The van der Waals surface area contributed by atoms with Crippen molar-refractivity contribution < 1.29 is 23.0 Å². The van der Waals surface area contributed by atoms with Gasteiger partial charge in [0.2, 0.25) is 0 Å². The van der Waals surface area contributed by atoms with E-state index in [2.05, 4.69) is 25.7 Å². The number of alkyl halides is 2. The number of allylic oxidation sites excluding steroid dienone is 1. The number of carbonyl (C=O) groups excluding carboxylic acids is 1. The molecule has 0 bridgehead atoms. The molecule has 1 aliphatic rings. The first-order valence-electron chi connectivity index (χ1n) is 10.3. The van der Waals surface area contributed by atoms with E-state index in [1.165, 1.54) is 16.7 Å². The number of hydrogen-bond donors (Lipinski definition) is 0. The first-order valence-corrected chi connectivity index (χ1v) is 11.9. The third kappa shape index (κ3) is 4.74. The van der Waals surface area contributed by atoms with Crippen LogP contribution < -0.4 is 19.6 Å². The van der Waals surface area contributed by atoms with Gasteiger partial charge in [-0.3, -0.25) is 9.36 Å². The average Bonchev–Trinajstić information content (AvgIpc) is 3.09. The smallest absolute Gasteiger partial charge is 0.387 e. The molecular formula is C24H19BrF2N2O4S. The molecule has 0 saturated heterocycles. The van der Waals surface area contributed by atoms with Gasteiger partial charge in [-0.1, -0.05) is 57.6 Å². The standard InChI is InChI=1S/C24H19BrF2N2O4S/c1-3-32-22(31)19-13(2)28-24-29(20(19)14-8-10-16(25)11-9-14)21(30)18(34-24)12-15-6-4-5-7-17(15)33-23(26)27/h4-12,20,23H,3H2,1-2H3. The number of halogens is 3. The van der Waals surface area contributed by atoms with E-state index in [0.29, 0.717) is 21.6 Å². The van der Waals surface area contributed by atoms with Crippen LogP contribution >= 0.6 is 27.3 Å². The number of thiazole rings is 1. The monoisotopic (exact) mass is 548 g/mol. The first-order chi connectivity index (χ1) is 16.3. The van der Waals surface area contributed by atoms with Crippen LogP contribution in [0.2, 0.25) is 0 Å². The summed E-state index contributed by atoms with van der Waals surface area (Å²) in [5.74, 6) is -0.599. The third-order valence-corrected chi connectivity index (χ3v) is 6.64. The third-order valence-electron chi connectivity index (χ3n) is 5.12. The van der Waals surface area contributed by atoms with Crippen molar-refractivity contribution in [1.29, 1.82) is 0 Å². The summed E-state index contributed by atoms with van der Waals surface area (Å²) < 4.78 is 38.1. The summed E-state index contributed by atoms with van der Waals surface area (Å²) in [6.07, 6.45) is 1.49. The Morgan fingerprint density at radius 3 is 2.62 bits per heavy atom. The first kappa shape index (κ1) is 24.0. The van der Waals surface area contributed by atoms with E-state index in [1.54, 1.807) is 32.0 Å². The Kier molecular flexibility index (Phi) is 7.08. The molecule has 0 amide bonds. The maximum atomic E-state index is 13.5. The van der Waals surface area contributed by atoms with Crippen molar-refractivity contribution in [1.82, 2.24) is 4.57 Å². The molecule has 0 spiro atoms. The topological polar surface area (TPSA) is 69.9 Å². The highest BCUT2D eigenvalue weighted by Crippen LogP contribution is 2.31. The zero-order valence-electron chi connectivity index (χ0n) is 18.1. The summed E-state index contributed by atoms with van der Waals surface area (Å²) in [5.41, 5.74) is 1.34. The molecule has 34 heavy (non-hydrogen) atoms. The predicted octanol–water partition coefficient (Wildman–Crippen LogP) is 4.16. The summed E-state index contributed by atoms with van der Waals surface area (Å²) in [4.78, 5) is 31.3. The van der Waals surface area contributed by atoms with Crippen LogP contribution in [-0.2, 0) is 9.53 Å². The fourth-order valence-electron chi connectivity index (χ4n) is 3.70. The highest BCUT2D eigenvalue weighted by Gasteiger charge is 2.33. The minimum absolute atomic E-state index is 0.0452. The van der Waals surface area contributed by atoms with Crippen molar-refractivity contribution >= 4 is 39.3 Å². The molecule has 0 radical (unpaired) electrons. The summed E-state index contributed by atoms with van der Waals surface area (Å²) >= 11 is 4.51. The van der Waals surface area contributed by atoms with Gasteiger partial charge < -0.3 is 9.47 Å². The number of benzene rings is 2. The van der Waals surface area contributed by atoms with Crippen LogP contribution in [0.5, 0.6) is 5.75 Å². The fourth-order valence-corrected chi connectivity index (χ4v) is 5.00. The van der Waals surface area contributed by atoms with Crippen molar-refractivity contribution in [2.45, 2.75) is 26.5 Å². The van der Waals surface area contributed by atoms with E-state index in [-0.39, 0.29) is 22.5 Å². The van der Waals surface area contributed by atoms with Crippen LogP contribution in [0, 0.1) is 0 Å². The lowest BCUT2D eigenvalue weighted by Crippen LogP contribution is -2.39. The summed E-state index contributed by atoms with van der Waals surface area (Å²) in [5, 5.41) is 0. The Labute approximate surface area is 205 Å². The molecule has 176 valence electrons. The van der Waals surface area contributed by atoms with Gasteiger partial charge in [0.15, 0.2) is 4.80 Å². The molecule has 3 aromatic rings. The second-order valence-electron chi connectivity index (χ2n) is 7.27. The van der Waals surface area contributed by atoms with E-state index in [9.17, 15) is 18.4 Å². The SMILES string of the molecule is CCOC(=O)C1=C(C)N=c2sc(=Cc3ccccc3OC(F)F)c(=O)n2C1c1ccc(Br)cc1. The number of esters is 1. The molecule has 1 atom stereocenters. The molecular weight excluding hydrogens is 530 g/mol. The lowest BCUT2D eigenvalue weighted by molar-refractivity contribution is -0.139. The number of aromatic nitrogens is 1. The molecule has 1 unspecified atom stereocenters. The Morgan fingerprint density at radius 1 is 1.24 bits per heavy atom. The van der Waals surface area contributed by atoms with E-state index in [0.717, 1.165) is 15.8 Å². The van der Waals surface area contributed by atoms with Crippen LogP contribution in [-0.4, -0.2) is 23.8 Å². The molecule has 6 nitrogen and oxygen atoms in total. The molecule has 0 saturated carbocycles. The van der Waals surface area contributed by atoms with E-state index in [4.69, 9.17) is 4.74 Å². The van der Waals surface area contributed by atoms with E-state index >= 15 is 0 Å². The summed E-state index contributed by atoms with van der Waals surface area (Å²) in [7, 11) is 0. The summed E-state index contributed by atoms with van der Waals surface area (Å²) in [6, 6.07) is 12.7. The van der Waals surface area contributed by atoms with Gasteiger partial charge in [-0.05, 0) is 43.7 Å². The number of ether oxygens (including phenoxy) is 2. The van der Waals surface area contributed by atoms with Gasteiger partial charge in [0.05, 0.1) is 28.5 Å². The highest BCUT2D eigenvalue weighted by molar-refractivity contribution is 9.10. The lowest BCUT2D eigenvalue weighted by atomic mass is 9.96. The molecule has 1 aromatic heterocycles. The Hall–Kier alpha value is -3.11. The van der Waals surface area contributed by atoms with Gasteiger partial charge in [-0.2, -0.15) is 8.78 Å². The average molecular weight is 549 g/mol. The minimum Gasteiger partial charge on any atom is -0.463 e. The van der Waals surface area contributed by atoms with Crippen molar-refractivity contribution in [2.24, 2.45) is 4.99 Å². The maximum Gasteiger partial charge on any atom is 0.387 e. The van der Waals surface area contributed by atoms with Crippen molar-refractivity contribution in [3.63, 3.8) is 0 Å². The second-order valence-corrected chi connectivity index (χ2v) is 9.19. The van der Waals surface area contributed by atoms with Crippen molar-refractivity contribution in [2.75, 3.05) is 6.61 Å². The largest absolute Gasteiger partial charge is 0.463 e. The zero-order chi connectivity index (χ0) is 24.4. The quantitative estimate of drug-likeness (QED) is 0.433. The van der Waals surface area contributed by atoms with E-state index in [1.807, 2.05) is 24.3 Å². The van der Waals surface area contributed by atoms with E-state index < -0.39 is 24.2 Å². The van der Waals surface area contributed by atoms with Crippen LogP contribution in [0.3, 0.4) is 0 Å². The Balaban J connectivity index is 1.93. The van der Waals surface area contributed by atoms with Gasteiger partial charge >= 0.3 is 12.6 Å². The Morgan fingerprint density at radius 2 is 1.94 bits per heavy atom. The lowest BCUT2D eigenvalue weighted by Gasteiger charge is -2.24. The number of para-hydroxylation sites is 1. The van der Waals surface area contributed by atoms with Gasteiger partial charge in [0.1, 0.15) is 5.75 Å².